The van der Waals surface area contributed by atoms with Crippen LogP contribution in [0.1, 0.15) is 34.8 Å². The summed E-state index contributed by atoms with van der Waals surface area (Å²) in [5.74, 6) is -0.00184. The van der Waals surface area contributed by atoms with Crippen LogP contribution in [0.15, 0.2) is 36.7 Å². The number of piperidine rings is 1. The molecule has 1 aliphatic heterocycles. The molecule has 0 aliphatic carbocycles. The lowest BCUT2D eigenvalue weighted by atomic mass is 10.1. The Morgan fingerprint density at radius 2 is 2.08 bits per heavy atom. The van der Waals surface area contributed by atoms with Gasteiger partial charge in [-0.05, 0) is 49.6 Å². The van der Waals surface area contributed by atoms with Crippen molar-refractivity contribution in [2.45, 2.75) is 25.8 Å². The molecule has 1 saturated heterocycles. The van der Waals surface area contributed by atoms with Crippen molar-refractivity contribution in [1.29, 1.82) is 0 Å². The van der Waals surface area contributed by atoms with Gasteiger partial charge in [0.2, 0.25) is 5.91 Å². The van der Waals surface area contributed by atoms with Crippen molar-refractivity contribution in [3.63, 3.8) is 0 Å². The molecular weight excluding hydrogens is 320 g/mol. The zero-order valence-corrected chi connectivity index (χ0v) is 14.2. The average molecular weight is 342 g/mol. The first-order valence-electron chi connectivity index (χ1n) is 8.34. The molecular formula is C18H22N4O3. The van der Waals surface area contributed by atoms with Crippen LogP contribution >= 0.6 is 0 Å². The fourth-order valence-corrected chi connectivity index (χ4v) is 2.98. The summed E-state index contributed by atoms with van der Waals surface area (Å²) in [6, 6.07) is 6.65. The normalized spacial score (nSPS) is 17.3. The topological polar surface area (TPSA) is 90.4 Å². The Hall–Kier alpha value is -2.83. The largest absolute Gasteiger partial charge is 0.484 e. The van der Waals surface area contributed by atoms with Crippen LogP contribution in [0.25, 0.3) is 0 Å². The van der Waals surface area contributed by atoms with E-state index in [0.29, 0.717) is 17.9 Å². The standard InChI is InChI=1S/C18H22N4O3/c1-13-9-20-22(10-13)15-3-2-8-21(11-15)17(23)12-25-16-6-4-14(5-7-16)18(19)24/h4-7,9-10,15H,2-3,8,11-12H2,1H3,(H2,19,24)/t15-/m0/s1. The number of hydrogen-bond acceptors (Lipinski definition) is 4. The number of carbonyl (C=O) groups is 2. The first kappa shape index (κ1) is 17.0. The van der Waals surface area contributed by atoms with E-state index in [1.54, 1.807) is 24.3 Å². The van der Waals surface area contributed by atoms with Gasteiger partial charge in [-0.1, -0.05) is 0 Å². The third-order valence-corrected chi connectivity index (χ3v) is 4.36. The van der Waals surface area contributed by atoms with Gasteiger partial charge in [0.05, 0.1) is 12.2 Å². The van der Waals surface area contributed by atoms with Crippen LogP contribution in [0.5, 0.6) is 5.75 Å². The van der Waals surface area contributed by atoms with Crippen molar-refractivity contribution in [3.05, 3.63) is 47.8 Å². The minimum Gasteiger partial charge on any atom is -0.484 e. The maximum Gasteiger partial charge on any atom is 0.260 e. The molecule has 1 aliphatic rings. The molecule has 3 rings (SSSR count). The Labute approximate surface area is 146 Å². The molecule has 1 aromatic heterocycles. The van der Waals surface area contributed by atoms with Gasteiger partial charge in [0, 0.05) is 24.8 Å². The number of nitrogens with two attached hydrogens (primary N) is 1. The molecule has 132 valence electrons. The minimum atomic E-state index is -0.490. The highest BCUT2D eigenvalue weighted by Crippen LogP contribution is 2.21. The SMILES string of the molecule is Cc1cnn([C@H]2CCCN(C(=O)COc3ccc(C(N)=O)cc3)C2)c1. The van der Waals surface area contributed by atoms with Gasteiger partial charge < -0.3 is 15.4 Å². The summed E-state index contributed by atoms with van der Waals surface area (Å²) >= 11 is 0. The van der Waals surface area contributed by atoms with E-state index in [-0.39, 0.29) is 18.6 Å². The van der Waals surface area contributed by atoms with Gasteiger partial charge in [-0.2, -0.15) is 5.10 Å². The van der Waals surface area contributed by atoms with Crippen LogP contribution < -0.4 is 10.5 Å². The summed E-state index contributed by atoms with van der Waals surface area (Å²) in [5, 5.41) is 4.36. The van der Waals surface area contributed by atoms with Crippen LogP contribution in [0.3, 0.4) is 0 Å². The second-order valence-electron chi connectivity index (χ2n) is 6.31. The molecule has 1 atom stereocenters. The van der Waals surface area contributed by atoms with Gasteiger partial charge in [0.25, 0.3) is 5.91 Å². The number of ether oxygens (including phenoxy) is 1. The van der Waals surface area contributed by atoms with Gasteiger partial charge in [0.1, 0.15) is 5.75 Å². The van der Waals surface area contributed by atoms with Gasteiger partial charge in [0.15, 0.2) is 6.61 Å². The van der Waals surface area contributed by atoms with Crippen molar-refractivity contribution in [2.24, 2.45) is 5.73 Å². The second-order valence-corrected chi connectivity index (χ2v) is 6.31. The summed E-state index contributed by atoms with van der Waals surface area (Å²) in [6.45, 7) is 3.36. The van der Waals surface area contributed by atoms with E-state index in [1.807, 2.05) is 28.9 Å². The van der Waals surface area contributed by atoms with Crippen molar-refractivity contribution >= 4 is 11.8 Å². The summed E-state index contributed by atoms with van der Waals surface area (Å²) in [4.78, 5) is 25.3. The average Bonchev–Trinajstić information content (AvgIpc) is 3.06. The third kappa shape index (κ3) is 4.17. The van der Waals surface area contributed by atoms with Crippen LogP contribution in [0, 0.1) is 6.92 Å². The second kappa shape index (κ2) is 7.38. The quantitative estimate of drug-likeness (QED) is 0.892. The predicted octanol–water partition coefficient (Wildman–Crippen LogP) is 1.53. The van der Waals surface area contributed by atoms with Gasteiger partial charge in [-0.15, -0.1) is 0 Å². The Kier molecular flexibility index (Phi) is 5.02. The van der Waals surface area contributed by atoms with Crippen molar-refractivity contribution in [2.75, 3.05) is 19.7 Å². The van der Waals surface area contributed by atoms with E-state index in [9.17, 15) is 9.59 Å². The molecule has 0 bridgehead atoms. The number of amides is 2. The molecule has 0 spiro atoms. The summed E-state index contributed by atoms with van der Waals surface area (Å²) in [7, 11) is 0. The van der Waals surface area contributed by atoms with Crippen LogP contribution in [-0.4, -0.2) is 46.2 Å². The monoisotopic (exact) mass is 342 g/mol. The number of likely N-dealkylation sites (tertiary alicyclic amines) is 1. The molecule has 2 N–H and O–H groups in total. The van der Waals surface area contributed by atoms with Gasteiger partial charge >= 0.3 is 0 Å². The number of aryl methyl sites for hydroxylation is 1. The third-order valence-electron chi connectivity index (χ3n) is 4.36. The summed E-state index contributed by atoms with van der Waals surface area (Å²) in [5.41, 5.74) is 6.72. The lowest BCUT2D eigenvalue weighted by Gasteiger charge is -2.32. The summed E-state index contributed by atoms with van der Waals surface area (Å²) in [6.07, 6.45) is 5.80. The van der Waals surface area contributed by atoms with E-state index in [0.717, 1.165) is 24.9 Å². The van der Waals surface area contributed by atoms with Crippen molar-refractivity contribution in [3.8, 4) is 5.75 Å². The van der Waals surface area contributed by atoms with Crippen molar-refractivity contribution < 1.29 is 14.3 Å². The number of benzene rings is 1. The lowest BCUT2D eigenvalue weighted by molar-refractivity contribution is -0.135. The lowest BCUT2D eigenvalue weighted by Crippen LogP contribution is -2.43. The number of carbonyl (C=O) groups excluding carboxylic acids is 2. The highest BCUT2D eigenvalue weighted by atomic mass is 16.5. The summed E-state index contributed by atoms with van der Waals surface area (Å²) < 4.78 is 7.48. The van der Waals surface area contributed by atoms with Crippen LogP contribution in [0.4, 0.5) is 0 Å². The molecule has 0 radical (unpaired) electrons. The molecule has 7 nitrogen and oxygen atoms in total. The molecule has 2 aromatic rings. The Bertz CT molecular complexity index is 754. The molecule has 25 heavy (non-hydrogen) atoms. The van der Waals surface area contributed by atoms with Gasteiger partial charge in [-0.3, -0.25) is 14.3 Å². The van der Waals surface area contributed by atoms with Crippen LogP contribution in [-0.2, 0) is 4.79 Å². The molecule has 2 heterocycles. The maximum atomic E-state index is 12.4. The number of hydrogen-bond donors (Lipinski definition) is 1. The van der Waals surface area contributed by atoms with E-state index in [2.05, 4.69) is 5.10 Å². The molecule has 1 aromatic carbocycles. The highest BCUT2D eigenvalue weighted by molar-refractivity contribution is 5.92. The Balaban J connectivity index is 1.54. The molecule has 7 heteroatoms. The number of aromatic nitrogens is 2. The van der Waals surface area contributed by atoms with Crippen molar-refractivity contribution in [1.82, 2.24) is 14.7 Å². The molecule has 2 amide bonds. The van der Waals surface area contributed by atoms with Gasteiger partial charge in [-0.25, -0.2) is 0 Å². The zero-order chi connectivity index (χ0) is 17.8. The Morgan fingerprint density at radius 1 is 1.32 bits per heavy atom. The molecule has 1 fully saturated rings. The van der Waals surface area contributed by atoms with E-state index in [4.69, 9.17) is 10.5 Å². The fraction of sp³-hybridized carbons (Fsp3) is 0.389. The van der Waals surface area contributed by atoms with E-state index in [1.165, 1.54) is 0 Å². The number of primary amides is 1. The Morgan fingerprint density at radius 3 is 2.72 bits per heavy atom. The van der Waals surface area contributed by atoms with Crippen LogP contribution in [0.2, 0.25) is 0 Å². The van der Waals surface area contributed by atoms with E-state index >= 15 is 0 Å². The maximum absolute atomic E-state index is 12.4. The molecule has 0 unspecified atom stereocenters. The number of nitrogens with zero attached hydrogens (tertiary/aromatic N) is 3. The van der Waals surface area contributed by atoms with E-state index < -0.39 is 5.91 Å². The first-order chi connectivity index (χ1) is 12.0. The first-order valence-corrected chi connectivity index (χ1v) is 8.34. The smallest absolute Gasteiger partial charge is 0.260 e. The highest BCUT2D eigenvalue weighted by Gasteiger charge is 2.25. The molecule has 0 saturated carbocycles. The zero-order valence-electron chi connectivity index (χ0n) is 14.2. The predicted molar refractivity (Wildman–Crippen MR) is 92.3 cm³/mol. The fourth-order valence-electron chi connectivity index (χ4n) is 2.98. The number of rotatable bonds is 5. The minimum absolute atomic E-state index is 0.0270.